The van der Waals surface area contributed by atoms with Crippen LogP contribution >= 0.6 is 0 Å². The maximum absolute atomic E-state index is 12.5. The number of hydrogen-bond donors (Lipinski definition) is 1. The number of H-pyrrole nitrogens is 1. The van der Waals surface area contributed by atoms with Gasteiger partial charge in [-0.05, 0) is 16.8 Å². The number of aryl methyl sites for hydroxylation is 1. The summed E-state index contributed by atoms with van der Waals surface area (Å²) in [5, 5.41) is 19.0. The molecule has 140 valence electrons. The van der Waals surface area contributed by atoms with Crippen molar-refractivity contribution in [3.05, 3.63) is 23.3 Å². The first-order valence-corrected chi connectivity index (χ1v) is 9.13. The molecule has 0 saturated carbocycles. The van der Waals surface area contributed by atoms with E-state index in [2.05, 4.69) is 30.6 Å². The number of aromatic amines is 1. The Hall–Kier alpha value is -2.33. The minimum atomic E-state index is 0.180. The van der Waals surface area contributed by atoms with Crippen LogP contribution in [0, 0.1) is 0 Å². The van der Waals surface area contributed by atoms with Gasteiger partial charge in [-0.2, -0.15) is 5.10 Å². The zero-order chi connectivity index (χ0) is 17.8. The van der Waals surface area contributed by atoms with Crippen molar-refractivity contribution in [2.24, 2.45) is 0 Å². The molecule has 10 nitrogen and oxygen atoms in total. The Morgan fingerprint density at radius 1 is 1.27 bits per heavy atom. The fourth-order valence-electron chi connectivity index (χ4n) is 3.44. The van der Waals surface area contributed by atoms with E-state index in [0.717, 1.165) is 69.3 Å². The molecule has 0 unspecified atom stereocenters. The van der Waals surface area contributed by atoms with Crippen molar-refractivity contribution in [1.29, 1.82) is 0 Å². The van der Waals surface area contributed by atoms with Gasteiger partial charge in [0.25, 0.3) is 0 Å². The molecule has 0 bridgehead atoms. The van der Waals surface area contributed by atoms with Crippen LogP contribution < -0.4 is 0 Å². The van der Waals surface area contributed by atoms with E-state index >= 15 is 0 Å². The van der Waals surface area contributed by atoms with Crippen LogP contribution in [0.15, 0.2) is 6.20 Å². The lowest BCUT2D eigenvalue weighted by atomic mass is 10.1. The number of aromatic nitrogens is 6. The molecule has 2 aliphatic heterocycles. The fourth-order valence-corrected chi connectivity index (χ4v) is 3.44. The molecule has 0 aromatic carbocycles. The smallest absolute Gasteiger partial charge is 0.222 e. The van der Waals surface area contributed by atoms with Crippen LogP contribution in [0.2, 0.25) is 0 Å². The summed E-state index contributed by atoms with van der Waals surface area (Å²) in [5.74, 6) is 1.03. The van der Waals surface area contributed by atoms with Crippen LogP contribution in [0.5, 0.6) is 0 Å². The number of hydrogen-bond acceptors (Lipinski definition) is 7. The molecule has 4 heterocycles. The van der Waals surface area contributed by atoms with Gasteiger partial charge >= 0.3 is 0 Å². The predicted octanol–water partition coefficient (Wildman–Crippen LogP) is -0.406. The zero-order valence-electron chi connectivity index (χ0n) is 14.8. The summed E-state index contributed by atoms with van der Waals surface area (Å²) in [4.78, 5) is 16.7. The molecule has 2 aromatic heterocycles. The van der Waals surface area contributed by atoms with E-state index in [1.807, 2.05) is 15.8 Å². The Bertz CT molecular complexity index is 736. The summed E-state index contributed by atoms with van der Waals surface area (Å²) in [6, 6.07) is 0. The second-order valence-corrected chi connectivity index (χ2v) is 6.75. The molecular formula is C16H24N8O2. The molecule has 2 aliphatic rings. The third-order valence-electron chi connectivity index (χ3n) is 4.99. The average molecular weight is 360 g/mol. The Morgan fingerprint density at radius 3 is 3.04 bits per heavy atom. The van der Waals surface area contributed by atoms with Crippen molar-refractivity contribution in [2.45, 2.75) is 38.9 Å². The summed E-state index contributed by atoms with van der Waals surface area (Å²) in [7, 11) is 0. The van der Waals surface area contributed by atoms with Gasteiger partial charge in [0.1, 0.15) is 0 Å². The van der Waals surface area contributed by atoms with Gasteiger partial charge in [-0.3, -0.25) is 14.8 Å². The number of carbonyl (C=O) groups is 1. The topological polar surface area (TPSA) is 105 Å². The van der Waals surface area contributed by atoms with E-state index in [0.29, 0.717) is 19.5 Å². The second-order valence-electron chi connectivity index (χ2n) is 6.75. The SMILES string of the molecule is O=C(CCCn1nnnc1CN1CCOCC1)N1CCc2[nH]ncc2C1. The van der Waals surface area contributed by atoms with Crippen LogP contribution in [0.4, 0.5) is 0 Å². The average Bonchev–Trinajstić information content (AvgIpc) is 3.31. The molecule has 1 saturated heterocycles. The van der Waals surface area contributed by atoms with Gasteiger partial charge in [-0.15, -0.1) is 5.10 Å². The predicted molar refractivity (Wildman–Crippen MR) is 90.9 cm³/mol. The standard InChI is InChI=1S/C16H24N8O2/c25-16(23-5-3-14-13(11-23)10-17-18-14)2-1-4-24-15(19-20-21-24)12-22-6-8-26-9-7-22/h10H,1-9,11-12H2,(H,17,18). The highest BCUT2D eigenvalue weighted by atomic mass is 16.5. The monoisotopic (exact) mass is 360 g/mol. The van der Waals surface area contributed by atoms with E-state index in [-0.39, 0.29) is 5.91 Å². The van der Waals surface area contributed by atoms with E-state index in [1.54, 1.807) is 0 Å². The van der Waals surface area contributed by atoms with E-state index in [9.17, 15) is 4.79 Å². The van der Waals surface area contributed by atoms with Crippen LogP contribution in [-0.4, -0.2) is 79.0 Å². The van der Waals surface area contributed by atoms with Crippen LogP contribution in [0.25, 0.3) is 0 Å². The molecule has 1 N–H and O–H groups in total. The number of ether oxygens (including phenoxy) is 1. The third-order valence-corrected chi connectivity index (χ3v) is 4.99. The highest BCUT2D eigenvalue weighted by molar-refractivity contribution is 5.76. The van der Waals surface area contributed by atoms with Crippen molar-refractivity contribution in [3.8, 4) is 0 Å². The summed E-state index contributed by atoms with van der Waals surface area (Å²) in [6.07, 6.45) is 3.89. The van der Waals surface area contributed by atoms with Gasteiger partial charge in [0.05, 0.1) is 26.0 Å². The van der Waals surface area contributed by atoms with Crippen molar-refractivity contribution >= 4 is 5.91 Å². The van der Waals surface area contributed by atoms with Crippen molar-refractivity contribution in [3.63, 3.8) is 0 Å². The van der Waals surface area contributed by atoms with Crippen molar-refractivity contribution < 1.29 is 9.53 Å². The van der Waals surface area contributed by atoms with Gasteiger partial charge < -0.3 is 9.64 Å². The number of tetrazole rings is 1. The molecule has 0 radical (unpaired) electrons. The molecule has 1 fully saturated rings. The number of carbonyl (C=O) groups excluding carboxylic acids is 1. The number of nitrogens with one attached hydrogen (secondary N) is 1. The van der Waals surface area contributed by atoms with E-state index in [1.165, 1.54) is 0 Å². The number of rotatable bonds is 6. The lowest BCUT2D eigenvalue weighted by Crippen LogP contribution is -2.36. The number of morpholine rings is 1. The lowest BCUT2D eigenvalue weighted by molar-refractivity contribution is -0.132. The van der Waals surface area contributed by atoms with Gasteiger partial charge in [-0.1, -0.05) is 0 Å². The summed E-state index contributed by atoms with van der Waals surface area (Å²) >= 11 is 0. The molecular weight excluding hydrogens is 336 g/mol. The highest BCUT2D eigenvalue weighted by Crippen LogP contribution is 2.17. The molecule has 0 spiro atoms. The second kappa shape index (κ2) is 7.92. The number of nitrogens with zero attached hydrogens (tertiary/aromatic N) is 7. The molecule has 0 atom stereocenters. The minimum absolute atomic E-state index is 0.180. The van der Waals surface area contributed by atoms with Gasteiger partial charge in [0.15, 0.2) is 5.82 Å². The van der Waals surface area contributed by atoms with Crippen LogP contribution in [0.1, 0.15) is 29.9 Å². The lowest BCUT2D eigenvalue weighted by Gasteiger charge is -2.26. The first kappa shape index (κ1) is 17.1. The van der Waals surface area contributed by atoms with E-state index < -0.39 is 0 Å². The summed E-state index contributed by atoms with van der Waals surface area (Å²) in [5.41, 5.74) is 2.27. The minimum Gasteiger partial charge on any atom is -0.379 e. The quantitative estimate of drug-likeness (QED) is 0.747. The largest absolute Gasteiger partial charge is 0.379 e. The van der Waals surface area contributed by atoms with Gasteiger partial charge in [0.2, 0.25) is 5.91 Å². The Morgan fingerprint density at radius 2 is 2.15 bits per heavy atom. The first-order chi connectivity index (χ1) is 12.8. The summed E-state index contributed by atoms with van der Waals surface area (Å²) in [6.45, 7) is 6.09. The van der Waals surface area contributed by atoms with Crippen molar-refractivity contribution in [1.82, 2.24) is 40.2 Å². The molecule has 1 amide bonds. The summed E-state index contributed by atoms with van der Waals surface area (Å²) < 4.78 is 7.18. The van der Waals surface area contributed by atoms with Gasteiger partial charge in [-0.25, -0.2) is 4.68 Å². The Labute approximate surface area is 151 Å². The highest BCUT2D eigenvalue weighted by Gasteiger charge is 2.22. The molecule has 26 heavy (non-hydrogen) atoms. The first-order valence-electron chi connectivity index (χ1n) is 9.13. The zero-order valence-corrected chi connectivity index (χ0v) is 14.8. The Balaban J connectivity index is 1.25. The third kappa shape index (κ3) is 3.91. The normalized spacial score (nSPS) is 18.1. The number of amides is 1. The molecule has 0 aliphatic carbocycles. The van der Waals surface area contributed by atoms with Crippen LogP contribution in [0.3, 0.4) is 0 Å². The van der Waals surface area contributed by atoms with Crippen molar-refractivity contribution in [2.75, 3.05) is 32.8 Å². The van der Waals surface area contributed by atoms with Gasteiger partial charge in [0, 0.05) is 56.8 Å². The fraction of sp³-hybridized carbons (Fsp3) is 0.688. The molecule has 2 aromatic rings. The Kier molecular flexibility index (Phi) is 5.21. The molecule has 4 rings (SSSR count). The number of fused-ring (bicyclic) bond motifs is 1. The molecule has 10 heteroatoms. The maximum atomic E-state index is 12.5. The van der Waals surface area contributed by atoms with E-state index in [4.69, 9.17) is 4.74 Å². The van der Waals surface area contributed by atoms with Crippen LogP contribution in [-0.2, 0) is 35.6 Å². The maximum Gasteiger partial charge on any atom is 0.222 e.